The molecule has 0 saturated heterocycles. The molecule has 5 heteroatoms. The Morgan fingerprint density at radius 2 is 1.49 bits per heavy atom. The molecule has 0 bridgehead atoms. The van der Waals surface area contributed by atoms with Gasteiger partial charge in [-0.25, -0.2) is 8.42 Å². The van der Waals surface area contributed by atoms with E-state index < -0.39 is 10.0 Å². The molecule has 1 fully saturated rings. The minimum atomic E-state index is -3.69. The number of rotatable bonds is 7. The Morgan fingerprint density at radius 3 is 2.11 bits per heavy atom. The van der Waals surface area contributed by atoms with Gasteiger partial charge in [-0.15, -0.1) is 0 Å². The van der Waals surface area contributed by atoms with Crippen LogP contribution in [-0.2, 0) is 14.8 Å². The molecule has 37 heavy (non-hydrogen) atoms. The fourth-order valence-corrected chi connectivity index (χ4v) is 7.56. The molecule has 1 saturated carbocycles. The molecule has 0 radical (unpaired) electrons. The van der Waals surface area contributed by atoms with Crippen LogP contribution in [0.2, 0.25) is 0 Å². The number of hydrogen-bond acceptors (Lipinski definition) is 3. The van der Waals surface area contributed by atoms with Crippen molar-refractivity contribution in [3.05, 3.63) is 113 Å². The summed E-state index contributed by atoms with van der Waals surface area (Å²) in [5.74, 6) is -0.701. The van der Waals surface area contributed by atoms with Crippen LogP contribution < -0.4 is 0 Å². The SMILES string of the molecule is CCCCC1=C2C(c3ccccc3)C(=O)C(c3ccccc3)C2CN(S(=O)(=O)c2ccc(C)cc2)CC1. The number of fused-ring (bicyclic) bond motifs is 1. The quantitative estimate of drug-likeness (QED) is 0.333. The second kappa shape index (κ2) is 10.8. The lowest BCUT2D eigenvalue weighted by Gasteiger charge is -2.26. The van der Waals surface area contributed by atoms with E-state index in [-0.39, 0.29) is 23.5 Å². The molecular formula is C32H35NO3S. The topological polar surface area (TPSA) is 54.5 Å². The predicted octanol–water partition coefficient (Wildman–Crippen LogP) is 6.64. The van der Waals surface area contributed by atoms with E-state index in [4.69, 9.17) is 0 Å². The number of carbonyl (C=O) groups excluding carboxylic acids is 1. The van der Waals surface area contributed by atoms with Crippen LogP contribution in [-0.4, -0.2) is 31.6 Å². The highest BCUT2D eigenvalue weighted by atomic mass is 32.2. The van der Waals surface area contributed by atoms with E-state index in [1.807, 2.05) is 79.7 Å². The summed E-state index contributed by atoms with van der Waals surface area (Å²) in [5.41, 5.74) is 5.44. The molecular weight excluding hydrogens is 478 g/mol. The lowest BCUT2D eigenvalue weighted by atomic mass is 9.83. The van der Waals surface area contributed by atoms with Gasteiger partial charge < -0.3 is 0 Å². The van der Waals surface area contributed by atoms with E-state index in [9.17, 15) is 13.2 Å². The molecule has 4 nitrogen and oxygen atoms in total. The van der Waals surface area contributed by atoms with Crippen molar-refractivity contribution in [2.75, 3.05) is 13.1 Å². The molecule has 1 aliphatic heterocycles. The van der Waals surface area contributed by atoms with E-state index in [1.165, 1.54) is 11.1 Å². The number of Topliss-reactive ketones (excluding diaryl/α,β-unsaturated/α-hetero) is 1. The van der Waals surface area contributed by atoms with Crippen molar-refractivity contribution in [1.29, 1.82) is 0 Å². The molecule has 3 atom stereocenters. The van der Waals surface area contributed by atoms with Gasteiger partial charge in [-0.2, -0.15) is 4.31 Å². The van der Waals surface area contributed by atoms with Crippen LogP contribution in [0.4, 0.5) is 0 Å². The van der Waals surface area contributed by atoms with Crippen LogP contribution in [0.3, 0.4) is 0 Å². The third-order valence-electron chi connectivity index (χ3n) is 7.96. The average molecular weight is 514 g/mol. The van der Waals surface area contributed by atoms with Crippen LogP contribution in [0.1, 0.15) is 61.1 Å². The second-order valence-electron chi connectivity index (χ2n) is 10.3. The van der Waals surface area contributed by atoms with Crippen molar-refractivity contribution in [1.82, 2.24) is 4.31 Å². The van der Waals surface area contributed by atoms with Gasteiger partial charge in [-0.05, 0) is 49.4 Å². The lowest BCUT2D eigenvalue weighted by Crippen LogP contribution is -2.36. The summed E-state index contributed by atoms with van der Waals surface area (Å²) < 4.78 is 29.4. The fourth-order valence-electron chi connectivity index (χ4n) is 6.09. The van der Waals surface area contributed by atoms with E-state index in [2.05, 4.69) is 6.92 Å². The summed E-state index contributed by atoms with van der Waals surface area (Å²) >= 11 is 0. The molecule has 1 aliphatic carbocycles. The zero-order valence-corrected chi connectivity index (χ0v) is 22.5. The molecule has 1 heterocycles. The maximum absolute atomic E-state index is 14.3. The molecule has 3 aromatic carbocycles. The minimum absolute atomic E-state index is 0.181. The number of nitrogens with zero attached hydrogens (tertiary/aromatic N) is 1. The number of unbranched alkanes of at least 4 members (excludes halogenated alkanes) is 1. The summed E-state index contributed by atoms with van der Waals surface area (Å²) in [6.07, 6.45) is 3.65. The molecule has 5 rings (SSSR count). The monoisotopic (exact) mass is 513 g/mol. The normalized spacial score (nSPS) is 22.6. The number of carbonyl (C=O) groups is 1. The second-order valence-corrected chi connectivity index (χ2v) is 12.3. The first-order valence-electron chi connectivity index (χ1n) is 13.3. The fraction of sp³-hybridized carbons (Fsp3) is 0.344. The van der Waals surface area contributed by atoms with Gasteiger partial charge in [0.25, 0.3) is 0 Å². The molecule has 2 aliphatic rings. The Labute approximate surface area is 221 Å². The molecule has 3 unspecified atom stereocenters. The van der Waals surface area contributed by atoms with Crippen LogP contribution >= 0.6 is 0 Å². The van der Waals surface area contributed by atoms with E-state index in [0.29, 0.717) is 24.4 Å². The predicted molar refractivity (Wildman–Crippen MR) is 148 cm³/mol. The zero-order chi connectivity index (χ0) is 26.0. The van der Waals surface area contributed by atoms with Gasteiger partial charge in [0.05, 0.1) is 16.7 Å². The number of ketones is 1. The van der Waals surface area contributed by atoms with Gasteiger partial charge in [0, 0.05) is 19.0 Å². The number of sulfonamides is 1. The smallest absolute Gasteiger partial charge is 0.243 e. The van der Waals surface area contributed by atoms with Crippen LogP contribution in [0.5, 0.6) is 0 Å². The van der Waals surface area contributed by atoms with E-state index >= 15 is 0 Å². The van der Waals surface area contributed by atoms with Gasteiger partial charge in [-0.1, -0.05) is 103 Å². The summed E-state index contributed by atoms with van der Waals surface area (Å²) in [5, 5.41) is 0. The standard InChI is InChI=1S/C32H35NO3S/c1-3-4-11-26-20-21-33(37(35,36)27-18-16-23(2)17-19-27)22-28-29(26)31(25-14-9-6-10-15-25)32(34)30(28)24-12-7-5-8-13-24/h5-10,12-19,28,30-31H,3-4,11,20-22H2,1-2H3. The van der Waals surface area contributed by atoms with Crippen molar-refractivity contribution in [3.63, 3.8) is 0 Å². The minimum Gasteiger partial charge on any atom is -0.298 e. The van der Waals surface area contributed by atoms with Gasteiger partial charge in [0.2, 0.25) is 10.0 Å². The maximum Gasteiger partial charge on any atom is 0.243 e. The number of benzene rings is 3. The Morgan fingerprint density at radius 1 is 0.865 bits per heavy atom. The van der Waals surface area contributed by atoms with Crippen molar-refractivity contribution >= 4 is 15.8 Å². The Bertz CT molecular complexity index is 1380. The highest BCUT2D eigenvalue weighted by molar-refractivity contribution is 7.89. The highest BCUT2D eigenvalue weighted by Crippen LogP contribution is 2.52. The van der Waals surface area contributed by atoms with Crippen LogP contribution in [0.25, 0.3) is 0 Å². The first kappa shape index (κ1) is 25.6. The zero-order valence-electron chi connectivity index (χ0n) is 21.6. The van der Waals surface area contributed by atoms with Crippen LogP contribution in [0.15, 0.2) is 101 Å². The van der Waals surface area contributed by atoms with Crippen molar-refractivity contribution < 1.29 is 13.2 Å². The third-order valence-corrected chi connectivity index (χ3v) is 9.84. The van der Waals surface area contributed by atoms with Crippen molar-refractivity contribution in [2.45, 2.75) is 56.3 Å². The van der Waals surface area contributed by atoms with E-state index in [1.54, 1.807) is 16.4 Å². The molecule has 3 aromatic rings. The van der Waals surface area contributed by atoms with Gasteiger partial charge >= 0.3 is 0 Å². The number of aryl methyl sites for hydroxylation is 1. The first-order valence-corrected chi connectivity index (χ1v) is 14.8. The highest BCUT2D eigenvalue weighted by Gasteiger charge is 2.50. The Balaban J connectivity index is 1.64. The summed E-state index contributed by atoms with van der Waals surface area (Å²) in [6.45, 7) is 4.88. The van der Waals surface area contributed by atoms with Gasteiger partial charge in [-0.3, -0.25) is 4.79 Å². The first-order chi connectivity index (χ1) is 17.9. The van der Waals surface area contributed by atoms with Crippen molar-refractivity contribution in [2.24, 2.45) is 5.92 Å². The summed E-state index contributed by atoms with van der Waals surface area (Å²) in [7, 11) is -3.69. The van der Waals surface area contributed by atoms with Gasteiger partial charge in [0.15, 0.2) is 5.78 Å². The molecule has 0 N–H and O–H groups in total. The Kier molecular flexibility index (Phi) is 7.45. The molecule has 0 aromatic heterocycles. The summed E-state index contributed by atoms with van der Waals surface area (Å²) in [4.78, 5) is 14.6. The largest absolute Gasteiger partial charge is 0.298 e. The molecule has 192 valence electrons. The van der Waals surface area contributed by atoms with Crippen LogP contribution in [0, 0.1) is 12.8 Å². The van der Waals surface area contributed by atoms with Gasteiger partial charge in [0.1, 0.15) is 0 Å². The molecule has 0 spiro atoms. The maximum atomic E-state index is 14.3. The van der Waals surface area contributed by atoms with E-state index in [0.717, 1.165) is 36.0 Å². The third kappa shape index (κ3) is 4.95. The van der Waals surface area contributed by atoms with Crippen molar-refractivity contribution in [3.8, 4) is 0 Å². The lowest BCUT2D eigenvalue weighted by molar-refractivity contribution is -0.120. The average Bonchev–Trinajstić information content (AvgIpc) is 3.07. The number of hydrogen-bond donors (Lipinski definition) is 0. The Hall–Kier alpha value is -3.02. The molecule has 0 amide bonds. The summed E-state index contributed by atoms with van der Waals surface area (Å²) in [6, 6.07) is 27.1.